The fourth-order valence-electron chi connectivity index (χ4n) is 9.38. The molecule has 0 aliphatic carbocycles. The van der Waals surface area contributed by atoms with Gasteiger partial charge in [-0.2, -0.15) is 19.9 Å². The van der Waals surface area contributed by atoms with E-state index in [1.54, 1.807) is 0 Å². The first kappa shape index (κ1) is 29.9. The Kier molecular flexibility index (Phi) is 5.88. The van der Waals surface area contributed by atoms with E-state index in [4.69, 9.17) is 24.7 Å². The van der Waals surface area contributed by atoms with Gasteiger partial charge in [0.2, 0.25) is 11.9 Å². The highest BCUT2D eigenvalue weighted by Crippen LogP contribution is 2.38. The van der Waals surface area contributed by atoms with E-state index in [-0.39, 0.29) is 6.85 Å². The molecule has 0 fully saturated rings. The van der Waals surface area contributed by atoms with Crippen LogP contribution in [0.4, 0.5) is 0 Å². The summed E-state index contributed by atoms with van der Waals surface area (Å²) in [6.07, 6.45) is 0.869. The molecule has 0 N–H and O–H groups in total. The molecule has 0 atom stereocenters. The van der Waals surface area contributed by atoms with E-state index in [1.807, 2.05) is 0 Å². The molecular weight excluding hydrogens is 689 g/mol. The van der Waals surface area contributed by atoms with Crippen LogP contribution in [0.5, 0.6) is 11.8 Å². The predicted molar refractivity (Wildman–Crippen MR) is 223 cm³/mol. The quantitative estimate of drug-likeness (QED) is 0.171. The van der Waals surface area contributed by atoms with Crippen LogP contribution in [0.3, 0.4) is 0 Å². The zero-order chi connectivity index (χ0) is 36.5. The number of benzene rings is 7. The summed E-state index contributed by atoms with van der Waals surface area (Å²) >= 11 is 0. The largest absolute Gasteiger partial charge is 0.427 e. The van der Waals surface area contributed by atoms with Crippen LogP contribution in [0.15, 0.2) is 158 Å². The van der Waals surface area contributed by atoms with E-state index in [2.05, 4.69) is 171 Å². The molecule has 2 aliphatic rings. The van der Waals surface area contributed by atoms with Crippen molar-refractivity contribution in [2.75, 3.05) is 0 Å². The second-order valence-electron chi connectivity index (χ2n) is 14.6. The molecule has 0 spiro atoms. The SMILES string of the molecule is c1ccc2c(c1)Cc1cccc3c1B2n1c(nc2c(-c4nc(-n5c6ccccc6c6ccccc65)nc(-n5c6ccccc6c6ccccc65)n4)cccc21)O3. The van der Waals surface area contributed by atoms with Gasteiger partial charge in [0.15, 0.2) is 5.82 Å². The summed E-state index contributed by atoms with van der Waals surface area (Å²) in [7, 11) is 0. The molecule has 0 saturated carbocycles. The molecule has 0 radical (unpaired) electrons. The lowest BCUT2D eigenvalue weighted by atomic mass is 9.44. The Labute approximate surface area is 320 Å². The Hall–Kier alpha value is -7.52. The number of nitrogens with zero attached hydrogens (tertiary/aromatic N) is 7. The number of imidazole rings is 1. The number of rotatable bonds is 3. The van der Waals surface area contributed by atoms with Crippen LogP contribution in [-0.2, 0) is 6.42 Å². The normalized spacial score (nSPS) is 13.0. The van der Waals surface area contributed by atoms with E-state index < -0.39 is 0 Å². The lowest BCUT2D eigenvalue weighted by Gasteiger charge is -2.32. The lowest BCUT2D eigenvalue weighted by molar-refractivity contribution is 0.439. The minimum atomic E-state index is -0.0742. The first-order valence-corrected chi connectivity index (χ1v) is 18.9. The summed E-state index contributed by atoms with van der Waals surface area (Å²) in [5.41, 5.74) is 11.7. The van der Waals surface area contributed by atoms with E-state index in [1.165, 1.54) is 22.1 Å². The van der Waals surface area contributed by atoms with Crippen molar-refractivity contribution in [2.45, 2.75) is 6.42 Å². The summed E-state index contributed by atoms with van der Waals surface area (Å²) in [5.74, 6) is 2.44. The van der Waals surface area contributed by atoms with Gasteiger partial charge in [0.1, 0.15) is 11.3 Å². The highest BCUT2D eigenvalue weighted by Gasteiger charge is 2.40. The fraction of sp³-hybridized carbons (Fsp3) is 0.0213. The Morgan fingerprint density at radius 2 is 0.982 bits per heavy atom. The standard InChI is InChI=1S/C47H28BN7O/c1-6-20-35-28(13-1)27-29-14-11-26-41-42(29)48(35)55-40-25-12-19-34(43(40)49-47(55)56-41)44-50-45(53-36-21-7-2-15-30(36)31-16-3-8-22-37(31)53)52-46(51-44)54-38-23-9-4-17-32(38)33-18-5-10-24-39(33)54/h1-26H,27H2. The zero-order valence-electron chi connectivity index (χ0n) is 29.8. The Bertz CT molecular complexity index is 3230. The molecule has 2 aliphatic heterocycles. The summed E-state index contributed by atoms with van der Waals surface area (Å²) in [5, 5.41) is 4.54. The molecule has 0 saturated heterocycles. The van der Waals surface area contributed by atoms with Gasteiger partial charge in [0, 0.05) is 27.1 Å². The highest BCUT2D eigenvalue weighted by atomic mass is 16.5. The monoisotopic (exact) mass is 717 g/mol. The lowest BCUT2D eigenvalue weighted by Crippen LogP contribution is -2.56. The van der Waals surface area contributed by atoms with Crippen molar-refractivity contribution < 1.29 is 4.74 Å². The van der Waals surface area contributed by atoms with Crippen LogP contribution in [-0.4, -0.2) is 40.4 Å². The van der Waals surface area contributed by atoms with Crippen molar-refractivity contribution in [3.8, 4) is 35.0 Å². The third-order valence-corrected chi connectivity index (χ3v) is 11.7. The Balaban J connectivity index is 1.11. The zero-order valence-corrected chi connectivity index (χ0v) is 29.8. The number of aromatic nitrogens is 7. The molecule has 0 unspecified atom stereocenters. The van der Waals surface area contributed by atoms with Crippen LogP contribution in [0.1, 0.15) is 11.1 Å². The van der Waals surface area contributed by atoms with E-state index in [9.17, 15) is 0 Å². The molecule has 8 nitrogen and oxygen atoms in total. The van der Waals surface area contributed by atoms with Crippen molar-refractivity contribution in [1.29, 1.82) is 0 Å². The van der Waals surface area contributed by atoms with Gasteiger partial charge in [0.25, 0.3) is 6.01 Å². The summed E-state index contributed by atoms with van der Waals surface area (Å²) in [6.45, 7) is -0.0742. The Morgan fingerprint density at radius 3 is 1.61 bits per heavy atom. The van der Waals surface area contributed by atoms with Gasteiger partial charge < -0.3 is 9.21 Å². The van der Waals surface area contributed by atoms with E-state index >= 15 is 0 Å². The van der Waals surface area contributed by atoms with Crippen LogP contribution < -0.4 is 15.7 Å². The van der Waals surface area contributed by atoms with Crippen molar-refractivity contribution in [3.63, 3.8) is 0 Å². The van der Waals surface area contributed by atoms with Gasteiger partial charge in [-0.05, 0) is 70.9 Å². The van der Waals surface area contributed by atoms with Crippen LogP contribution >= 0.6 is 0 Å². The van der Waals surface area contributed by atoms with Crippen LogP contribution in [0.25, 0.3) is 77.9 Å². The van der Waals surface area contributed by atoms with Gasteiger partial charge in [0.05, 0.1) is 27.6 Å². The molecule has 11 aromatic rings. The second-order valence-corrected chi connectivity index (χ2v) is 14.6. The minimum absolute atomic E-state index is 0.0742. The van der Waals surface area contributed by atoms with E-state index in [0.29, 0.717) is 23.7 Å². The van der Waals surface area contributed by atoms with Crippen molar-refractivity contribution in [2.24, 2.45) is 0 Å². The van der Waals surface area contributed by atoms with Gasteiger partial charge in [-0.3, -0.25) is 9.13 Å². The molecule has 13 rings (SSSR count). The fourth-order valence-corrected chi connectivity index (χ4v) is 9.38. The third-order valence-electron chi connectivity index (χ3n) is 11.7. The molecule has 56 heavy (non-hydrogen) atoms. The predicted octanol–water partition coefficient (Wildman–Crippen LogP) is 8.75. The highest BCUT2D eigenvalue weighted by molar-refractivity contribution is 6.86. The first-order chi connectivity index (χ1) is 27.8. The smallest absolute Gasteiger partial charge is 0.337 e. The molecule has 6 heterocycles. The molecule has 260 valence electrons. The number of fused-ring (bicyclic) bond motifs is 12. The van der Waals surface area contributed by atoms with Crippen molar-refractivity contribution >= 4 is 72.4 Å². The third kappa shape index (κ3) is 3.98. The summed E-state index contributed by atoms with van der Waals surface area (Å²) < 4.78 is 13.2. The number of hydrogen-bond acceptors (Lipinski definition) is 5. The average Bonchev–Trinajstić information content (AvgIpc) is 3.91. The maximum atomic E-state index is 6.66. The average molecular weight is 718 g/mol. The second kappa shape index (κ2) is 11.0. The number of hydrogen-bond donors (Lipinski definition) is 0. The van der Waals surface area contributed by atoms with Gasteiger partial charge in [-0.1, -0.05) is 115 Å². The van der Waals surface area contributed by atoms with Crippen LogP contribution in [0.2, 0.25) is 0 Å². The van der Waals surface area contributed by atoms with Crippen molar-refractivity contribution in [3.05, 3.63) is 169 Å². The maximum absolute atomic E-state index is 6.66. The summed E-state index contributed by atoms with van der Waals surface area (Å²) in [6, 6.07) is 55.7. The number of ether oxygens (including phenoxy) is 1. The van der Waals surface area contributed by atoms with Crippen molar-refractivity contribution in [1.82, 2.24) is 33.5 Å². The summed E-state index contributed by atoms with van der Waals surface area (Å²) in [4.78, 5) is 21.3. The van der Waals surface area contributed by atoms with Gasteiger partial charge in [-0.15, -0.1) is 0 Å². The minimum Gasteiger partial charge on any atom is -0.427 e. The van der Waals surface area contributed by atoms with E-state index in [0.717, 1.165) is 72.4 Å². The molecule has 9 heteroatoms. The van der Waals surface area contributed by atoms with Gasteiger partial charge >= 0.3 is 6.85 Å². The van der Waals surface area contributed by atoms with Gasteiger partial charge in [-0.25, -0.2) is 0 Å². The molecule has 7 aromatic carbocycles. The first-order valence-electron chi connectivity index (χ1n) is 18.9. The molecule has 0 amide bonds. The molecular formula is C47H28BN7O. The van der Waals surface area contributed by atoms with Crippen LogP contribution in [0, 0.1) is 0 Å². The Morgan fingerprint density at radius 1 is 0.464 bits per heavy atom. The molecule has 0 bridgehead atoms. The molecule has 4 aromatic heterocycles. The maximum Gasteiger partial charge on any atom is 0.337 e. The number of para-hydroxylation sites is 5. The topological polar surface area (TPSA) is 75.6 Å².